The Labute approximate surface area is 138 Å². The number of nitrogens with zero attached hydrogens (tertiary/aromatic N) is 3. The van der Waals surface area contributed by atoms with Gasteiger partial charge in [-0.05, 0) is 25.0 Å². The predicted octanol–water partition coefficient (Wildman–Crippen LogP) is 1.73. The third kappa shape index (κ3) is 6.54. The minimum absolute atomic E-state index is 0.000481. The Bertz CT molecular complexity index is 449. The van der Waals surface area contributed by atoms with E-state index in [1.54, 1.807) is 6.20 Å². The molecule has 0 spiro atoms. The lowest BCUT2D eigenvalue weighted by Crippen LogP contribution is -2.42. The van der Waals surface area contributed by atoms with E-state index in [1.807, 2.05) is 23.1 Å². The van der Waals surface area contributed by atoms with Crippen molar-refractivity contribution in [1.29, 1.82) is 0 Å². The van der Waals surface area contributed by atoms with Crippen LogP contribution in [0.25, 0.3) is 0 Å². The highest BCUT2D eigenvalue weighted by Gasteiger charge is 2.15. The van der Waals surface area contributed by atoms with Gasteiger partial charge >= 0.3 is 6.03 Å². The second kappa shape index (κ2) is 10.2. The number of pyridine rings is 1. The van der Waals surface area contributed by atoms with E-state index in [4.69, 9.17) is 4.74 Å². The third-order valence-corrected chi connectivity index (χ3v) is 3.90. The van der Waals surface area contributed by atoms with Crippen LogP contribution in [0.15, 0.2) is 24.4 Å². The molecule has 6 nitrogen and oxygen atoms in total. The third-order valence-electron chi connectivity index (χ3n) is 3.90. The van der Waals surface area contributed by atoms with Gasteiger partial charge in [0.15, 0.2) is 0 Å². The molecule has 23 heavy (non-hydrogen) atoms. The summed E-state index contributed by atoms with van der Waals surface area (Å²) in [6, 6.07) is 5.81. The monoisotopic (exact) mass is 320 g/mol. The van der Waals surface area contributed by atoms with Crippen molar-refractivity contribution < 1.29 is 9.53 Å². The fraction of sp³-hybridized carbons (Fsp3) is 0.647. The minimum Gasteiger partial charge on any atom is -0.379 e. The van der Waals surface area contributed by atoms with E-state index in [1.165, 1.54) is 0 Å². The van der Waals surface area contributed by atoms with Gasteiger partial charge in [-0.2, -0.15) is 0 Å². The topological polar surface area (TPSA) is 57.7 Å². The first-order chi connectivity index (χ1) is 11.3. The Kier molecular flexibility index (Phi) is 7.83. The number of ether oxygens (including phenoxy) is 1. The van der Waals surface area contributed by atoms with Crippen molar-refractivity contribution in [2.75, 3.05) is 45.9 Å². The number of hydrogen-bond acceptors (Lipinski definition) is 4. The zero-order chi connectivity index (χ0) is 16.3. The molecule has 0 aliphatic carbocycles. The fourth-order valence-electron chi connectivity index (χ4n) is 2.59. The molecule has 1 aromatic rings. The maximum atomic E-state index is 12.3. The smallest absolute Gasteiger partial charge is 0.317 e. The molecule has 1 aliphatic rings. The number of carbonyl (C=O) groups excluding carboxylic acids is 1. The van der Waals surface area contributed by atoms with Crippen molar-refractivity contribution >= 4 is 6.03 Å². The average Bonchev–Trinajstić information content (AvgIpc) is 2.60. The molecule has 2 rings (SSSR count). The van der Waals surface area contributed by atoms with Crippen LogP contribution in [0, 0.1) is 0 Å². The quantitative estimate of drug-likeness (QED) is 0.792. The summed E-state index contributed by atoms with van der Waals surface area (Å²) >= 11 is 0. The molecule has 1 N–H and O–H groups in total. The minimum atomic E-state index is -0.000481. The van der Waals surface area contributed by atoms with Crippen LogP contribution in [0.2, 0.25) is 0 Å². The Hall–Kier alpha value is -1.66. The molecule has 0 atom stereocenters. The van der Waals surface area contributed by atoms with E-state index >= 15 is 0 Å². The molecular weight excluding hydrogens is 292 g/mol. The maximum Gasteiger partial charge on any atom is 0.317 e. The van der Waals surface area contributed by atoms with Gasteiger partial charge in [0.25, 0.3) is 0 Å². The lowest BCUT2D eigenvalue weighted by molar-refractivity contribution is 0.0364. The molecule has 0 bridgehead atoms. The number of carbonyl (C=O) groups is 1. The van der Waals surface area contributed by atoms with E-state index in [-0.39, 0.29) is 6.03 Å². The summed E-state index contributed by atoms with van der Waals surface area (Å²) in [5.74, 6) is 0. The standard InChI is InChI=1S/C17H28N4O2/c1-2-7-19-17(22)21(15-16-6-3-4-8-18-16)10-5-9-20-11-13-23-14-12-20/h3-4,6,8H,2,5,7,9-15H2,1H3,(H,19,22). The van der Waals surface area contributed by atoms with Gasteiger partial charge in [-0.15, -0.1) is 0 Å². The van der Waals surface area contributed by atoms with Crippen LogP contribution in [-0.2, 0) is 11.3 Å². The van der Waals surface area contributed by atoms with Crippen molar-refractivity contribution in [1.82, 2.24) is 20.1 Å². The molecule has 0 aromatic carbocycles. The first-order valence-electron chi connectivity index (χ1n) is 8.52. The first kappa shape index (κ1) is 17.7. The summed E-state index contributed by atoms with van der Waals surface area (Å²) in [5, 5.41) is 2.97. The van der Waals surface area contributed by atoms with Crippen LogP contribution >= 0.6 is 0 Å². The molecule has 1 aliphatic heterocycles. The Morgan fingerprint density at radius 2 is 2.22 bits per heavy atom. The molecule has 0 unspecified atom stereocenters. The van der Waals surface area contributed by atoms with E-state index in [2.05, 4.69) is 22.1 Å². The summed E-state index contributed by atoms with van der Waals surface area (Å²) in [7, 11) is 0. The number of amides is 2. The van der Waals surface area contributed by atoms with Crippen LogP contribution < -0.4 is 5.32 Å². The van der Waals surface area contributed by atoms with Gasteiger partial charge in [0, 0.05) is 38.9 Å². The largest absolute Gasteiger partial charge is 0.379 e. The van der Waals surface area contributed by atoms with E-state index in [0.29, 0.717) is 13.1 Å². The highest BCUT2D eigenvalue weighted by molar-refractivity contribution is 5.74. The van der Waals surface area contributed by atoms with Crippen molar-refractivity contribution in [3.8, 4) is 0 Å². The number of nitrogens with one attached hydrogen (secondary N) is 1. The molecule has 1 saturated heterocycles. The normalized spacial score (nSPS) is 15.3. The maximum absolute atomic E-state index is 12.3. The van der Waals surface area contributed by atoms with Crippen LogP contribution in [0.3, 0.4) is 0 Å². The number of hydrogen-bond donors (Lipinski definition) is 1. The SMILES string of the molecule is CCCNC(=O)N(CCCN1CCOCC1)Cc1ccccn1. The molecule has 2 amide bonds. The Morgan fingerprint density at radius 3 is 2.91 bits per heavy atom. The molecule has 0 radical (unpaired) electrons. The fourth-order valence-corrected chi connectivity index (χ4v) is 2.59. The zero-order valence-corrected chi connectivity index (χ0v) is 14.0. The van der Waals surface area contributed by atoms with E-state index in [0.717, 1.165) is 57.9 Å². The van der Waals surface area contributed by atoms with E-state index < -0.39 is 0 Å². The van der Waals surface area contributed by atoms with Gasteiger partial charge in [-0.1, -0.05) is 13.0 Å². The van der Waals surface area contributed by atoms with Gasteiger partial charge in [-0.3, -0.25) is 9.88 Å². The second-order valence-corrected chi connectivity index (χ2v) is 5.78. The molecular formula is C17H28N4O2. The van der Waals surface area contributed by atoms with Gasteiger partial charge < -0.3 is 15.0 Å². The van der Waals surface area contributed by atoms with Gasteiger partial charge in [0.05, 0.1) is 25.5 Å². The summed E-state index contributed by atoms with van der Waals surface area (Å²) < 4.78 is 5.36. The Balaban J connectivity index is 1.83. The van der Waals surface area contributed by atoms with Gasteiger partial charge in [0.1, 0.15) is 0 Å². The highest BCUT2D eigenvalue weighted by Crippen LogP contribution is 2.05. The Morgan fingerprint density at radius 1 is 1.39 bits per heavy atom. The molecule has 1 fully saturated rings. The number of rotatable bonds is 8. The lowest BCUT2D eigenvalue weighted by Gasteiger charge is -2.28. The van der Waals surface area contributed by atoms with Crippen LogP contribution in [0.5, 0.6) is 0 Å². The summed E-state index contributed by atoms with van der Waals surface area (Å²) in [6.07, 6.45) is 3.68. The van der Waals surface area contributed by atoms with Crippen molar-refractivity contribution in [3.05, 3.63) is 30.1 Å². The van der Waals surface area contributed by atoms with Crippen molar-refractivity contribution in [2.45, 2.75) is 26.3 Å². The van der Waals surface area contributed by atoms with Gasteiger partial charge in [-0.25, -0.2) is 4.79 Å². The van der Waals surface area contributed by atoms with Crippen LogP contribution in [-0.4, -0.2) is 66.8 Å². The van der Waals surface area contributed by atoms with Crippen LogP contribution in [0.4, 0.5) is 4.79 Å². The second-order valence-electron chi connectivity index (χ2n) is 5.78. The first-order valence-corrected chi connectivity index (χ1v) is 8.52. The van der Waals surface area contributed by atoms with E-state index in [9.17, 15) is 4.79 Å². The van der Waals surface area contributed by atoms with Crippen LogP contribution in [0.1, 0.15) is 25.5 Å². The summed E-state index contributed by atoms with van der Waals surface area (Å²) in [5.41, 5.74) is 0.922. The molecule has 6 heteroatoms. The zero-order valence-electron chi connectivity index (χ0n) is 14.0. The molecule has 2 heterocycles. The van der Waals surface area contributed by atoms with Gasteiger partial charge in [0.2, 0.25) is 0 Å². The van der Waals surface area contributed by atoms with Crippen molar-refractivity contribution in [2.24, 2.45) is 0 Å². The number of urea groups is 1. The number of aromatic nitrogens is 1. The molecule has 128 valence electrons. The average molecular weight is 320 g/mol. The number of morpholine rings is 1. The predicted molar refractivity (Wildman–Crippen MR) is 90.2 cm³/mol. The lowest BCUT2D eigenvalue weighted by atomic mass is 10.3. The summed E-state index contributed by atoms with van der Waals surface area (Å²) in [6.45, 7) is 8.67. The molecule has 1 aromatic heterocycles. The molecule has 0 saturated carbocycles. The highest BCUT2D eigenvalue weighted by atomic mass is 16.5. The summed E-state index contributed by atoms with van der Waals surface area (Å²) in [4.78, 5) is 20.9. The van der Waals surface area contributed by atoms with Crippen molar-refractivity contribution in [3.63, 3.8) is 0 Å².